The first kappa shape index (κ1) is 16.1. The minimum atomic E-state index is -0.0817. The molecule has 2 rings (SSSR count). The standard InChI is InChI=1S/C15H26N4OS/c1-4-10-5-7-11(8-6-10)18-14(20)12-13(16)19-15(21-12)17-9(2)3/h9-11H,4-8,16H2,1-3H3,(H,17,19)(H,18,20). The summed E-state index contributed by atoms with van der Waals surface area (Å²) in [7, 11) is 0. The van der Waals surface area contributed by atoms with Crippen molar-refractivity contribution >= 4 is 28.2 Å². The maximum absolute atomic E-state index is 12.3. The maximum Gasteiger partial charge on any atom is 0.265 e. The van der Waals surface area contributed by atoms with E-state index in [0.717, 1.165) is 18.8 Å². The van der Waals surface area contributed by atoms with E-state index >= 15 is 0 Å². The largest absolute Gasteiger partial charge is 0.382 e. The van der Waals surface area contributed by atoms with Crippen molar-refractivity contribution in [1.82, 2.24) is 10.3 Å². The van der Waals surface area contributed by atoms with Crippen LogP contribution in [0.15, 0.2) is 0 Å². The first-order valence-electron chi connectivity index (χ1n) is 7.83. The molecule has 118 valence electrons. The molecule has 0 saturated heterocycles. The molecule has 0 bridgehead atoms. The van der Waals surface area contributed by atoms with Crippen LogP contribution in [0.4, 0.5) is 10.9 Å². The summed E-state index contributed by atoms with van der Waals surface area (Å²) in [6.45, 7) is 6.30. The number of carbonyl (C=O) groups excluding carboxylic acids is 1. The number of nitrogens with zero attached hydrogens (tertiary/aromatic N) is 1. The van der Waals surface area contributed by atoms with Crippen molar-refractivity contribution in [2.75, 3.05) is 11.1 Å². The van der Waals surface area contributed by atoms with Crippen molar-refractivity contribution in [3.63, 3.8) is 0 Å². The Kier molecular flexibility index (Phi) is 5.45. The van der Waals surface area contributed by atoms with Gasteiger partial charge in [-0.05, 0) is 45.4 Å². The van der Waals surface area contributed by atoms with Crippen LogP contribution in [0.3, 0.4) is 0 Å². The summed E-state index contributed by atoms with van der Waals surface area (Å²) < 4.78 is 0. The lowest BCUT2D eigenvalue weighted by atomic mass is 9.84. The maximum atomic E-state index is 12.3. The van der Waals surface area contributed by atoms with Crippen molar-refractivity contribution < 1.29 is 4.79 Å². The third kappa shape index (κ3) is 4.33. The molecule has 1 aromatic heterocycles. The number of nitrogens with one attached hydrogen (secondary N) is 2. The average molecular weight is 310 g/mol. The number of thiazole rings is 1. The van der Waals surface area contributed by atoms with Crippen LogP contribution in [0, 0.1) is 5.92 Å². The van der Waals surface area contributed by atoms with Crippen LogP contribution < -0.4 is 16.4 Å². The topological polar surface area (TPSA) is 80.0 Å². The van der Waals surface area contributed by atoms with Crippen molar-refractivity contribution in [1.29, 1.82) is 0 Å². The molecule has 1 heterocycles. The zero-order valence-electron chi connectivity index (χ0n) is 13.1. The smallest absolute Gasteiger partial charge is 0.265 e. The van der Waals surface area contributed by atoms with Crippen molar-refractivity contribution in [3.05, 3.63) is 4.88 Å². The summed E-state index contributed by atoms with van der Waals surface area (Å²) in [6, 6.07) is 0.555. The number of nitrogens with two attached hydrogens (primary N) is 1. The van der Waals surface area contributed by atoms with Crippen LogP contribution in [-0.4, -0.2) is 23.0 Å². The fourth-order valence-electron chi connectivity index (χ4n) is 2.77. The van der Waals surface area contributed by atoms with Gasteiger partial charge in [-0.3, -0.25) is 4.79 Å². The molecule has 6 heteroatoms. The van der Waals surface area contributed by atoms with Crippen molar-refractivity contribution in [3.8, 4) is 0 Å². The normalized spacial score (nSPS) is 22.3. The quantitative estimate of drug-likeness (QED) is 0.780. The third-order valence-corrected chi connectivity index (χ3v) is 5.03. The molecule has 1 fully saturated rings. The lowest BCUT2D eigenvalue weighted by Crippen LogP contribution is -2.37. The summed E-state index contributed by atoms with van der Waals surface area (Å²) >= 11 is 1.33. The summed E-state index contributed by atoms with van der Waals surface area (Å²) in [4.78, 5) is 17.1. The van der Waals surface area contributed by atoms with Gasteiger partial charge >= 0.3 is 0 Å². The van der Waals surface area contributed by atoms with Gasteiger partial charge in [-0.2, -0.15) is 0 Å². The molecule has 1 aromatic rings. The number of anilines is 2. The number of amides is 1. The summed E-state index contributed by atoms with van der Waals surface area (Å²) in [5, 5.41) is 7.01. The second kappa shape index (κ2) is 7.11. The third-order valence-electron chi connectivity index (χ3n) is 4.03. The molecule has 5 nitrogen and oxygen atoms in total. The molecule has 0 aliphatic heterocycles. The lowest BCUT2D eigenvalue weighted by Gasteiger charge is -2.28. The zero-order chi connectivity index (χ0) is 15.4. The number of rotatable bonds is 5. The van der Waals surface area contributed by atoms with E-state index in [4.69, 9.17) is 5.73 Å². The number of hydrogen-bond acceptors (Lipinski definition) is 5. The summed E-state index contributed by atoms with van der Waals surface area (Å²) in [5.41, 5.74) is 5.87. The molecule has 0 aromatic carbocycles. The van der Waals surface area contributed by atoms with E-state index in [1.165, 1.54) is 30.6 Å². The molecule has 0 unspecified atom stereocenters. The molecule has 1 aliphatic carbocycles. The van der Waals surface area contributed by atoms with Gasteiger partial charge in [0.2, 0.25) is 0 Å². The van der Waals surface area contributed by atoms with Crippen LogP contribution in [0.1, 0.15) is 62.5 Å². The predicted octanol–water partition coefficient (Wildman–Crippen LogP) is 3.24. The second-order valence-corrected chi connectivity index (χ2v) is 7.13. The molecular formula is C15H26N4OS. The van der Waals surface area contributed by atoms with E-state index in [9.17, 15) is 4.79 Å². The van der Waals surface area contributed by atoms with Gasteiger partial charge in [-0.1, -0.05) is 24.7 Å². The Labute approximate surface area is 130 Å². The van der Waals surface area contributed by atoms with E-state index in [2.05, 4.69) is 22.5 Å². The van der Waals surface area contributed by atoms with E-state index < -0.39 is 0 Å². The van der Waals surface area contributed by atoms with Gasteiger partial charge in [0.25, 0.3) is 5.91 Å². The molecule has 4 N–H and O–H groups in total. The van der Waals surface area contributed by atoms with E-state index in [0.29, 0.717) is 15.8 Å². The van der Waals surface area contributed by atoms with Gasteiger partial charge in [0.05, 0.1) is 0 Å². The highest BCUT2D eigenvalue weighted by molar-refractivity contribution is 7.18. The fraction of sp³-hybridized carbons (Fsp3) is 0.733. The van der Waals surface area contributed by atoms with Gasteiger partial charge < -0.3 is 16.4 Å². The fourth-order valence-corrected chi connectivity index (χ4v) is 3.70. The van der Waals surface area contributed by atoms with Crippen LogP contribution in [-0.2, 0) is 0 Å². The van der Waals surface area contributed by atoms with Crippen LogP contribution >= 0.6 is 11.3 Å². The number of carbonyl (C=O) groups is 1. The Morgan fingerprint density at radius 3 is 2.62 bits per heavy atom. The Hall–Kier alpha value is -1.30. The Bertz CT molecular complexity index is 478. The zero-order valence-corrected chi connectivity index (χ0v) is 13.9. The van der Waals surface area contributed by atoms with Crippen molar-refractivity contribution in [2.45, 2.75) is 65.0 Å². The Balaban J connectivity index is 1.93. The van der Waals surface area contributed by atoms with Gasteiger partial charge in [0.15, 0.2) is 5.13 Å². The van der Waals surface area contributed by atoms with Gasteiger partial charge in [-0.25, -0.2) is 4.98 Å². The summed E-state index contributed by atoms with van der Waals surface area (Å²) in [5.74, 6) is 1.07. The van der Waals surface area contributed by atoms with E-state index in [1.54, 1.807) is 0 Å². The molecule has 1 aliphatic rings. The second-order valence-electron chi connectivity index (χ2n) is 6.13. The van der Waals surface area contributed by atoms with Crippen molar-refractivity contribution in [2.24, 2.45) is 5.92 Å². The van der Waals surface area contributed by atoms with Crippen LogP contribution in [0.25, 0.3) is 0 Å². The minimum absolute atomic E-state index is 0.0817. The highest BCUT2D eigenvalue weighted by Gasteiger charge is 2.24. The number of nitrogen functional groups attached to an aromatic ring is 1. The Morgan fingerprint density at radius 1 is 1.38 bits per heavy atom. The first-order valence-corrected chi connectivity index (χ1v) is 8.65. The molecule has 21 heavy (non-hydrogen) atoms. The highest BCUT2D eigenvalue weighted by Crippen LogP contribution is 2.28. The van der Waals surface area contributed by atoms with Gasteiger partial charge in [0, 0.05) is 12.1 Å². The first-order chi connectivity index (χ1) is 9.99. The molecule has 0 radical (unpaired) electrons. The van der Waals surface area contributed by atoms with Crippen LogP contribution in [0.2, 0.25) is 0 Å². The van der Waals surface area contributed by atoms with E-state index in [-0.39, 0.29) is 18.0 Å². The number of aromatic nitrogens is 1. The minimum Gasteiger partial charge on any atom is -0.382 e. The molecule has 1 amide bonds. The number of hydrogen-bond donors (Lipinski definition) is 3. The lowest BCUT2D eigenvalue weighted by molar-refractivity contribution is 0.0926. The summed E-state index contributed by atoms with van der Waals surface area (Å²) in [6.07, 6.45) is 5.80. The van der Waals surface area contributed by atoms with Crippen LogP contribution in [0.5, 0.6) is 0 Å². The van der Waals surface area contributed by atoms with Gasteiger partial charge in [-0.15, -0.1) is 0 Å². The monoisotopic (exact) mass is 310 g/mol. The predicted molar refractivity (Wildman–Crippen MR) is 88.8 cm³/mol. The Morgan fingerprint density at radius 2 is 2.05 bits per heavy atom. The van der Waals surface area contributed by atoms with Gasteiger partial charge in [0.1, 0.15) is 10.7 Å². The highest BCUT2D eigenvalue weighted by atomic mass is 32.1. The molecular weight excluding hydrogens is 284 g/mol. The SMILES string of the molecule is CCC1CCC(NC(=O)c2sc(NC(C)C)nc2N)CC1. The molecule has 0 spiro atoms. The molecule has 1 saturated carbocycles. The molecule has 0 atom stereocenters. The average Bonchev–Trinajstić information content (AvgIpc) is 2.79. The van der Waals surface area contributed by atoms with E-state index in [1.807, 2.05) is 13.8 Å².